The Hall–Kier alpha value is -2.12. The van der Waals surface area contributed by atoms with E-state index in [4.69, 9.17) is 9.47 Å². The number of aromatic nitrogens is 1. The van der Waals surface area contributed by atoms with Crippen LogP contribution in [-0.4, -0.2) is 43.1 Å². The molecule has 6 nitrogen and oxygen atoms in total. The van der Waals surface area contributed by atoms with E-state index < -0.39 is 0 Å². The SMILES string of the molecule is COc1ccc(OCCN(C)Cc2csc(NC(C)=O)n2)cc1. The van der Waals surface area contributed by atoms with Crippen LogP contribution in [0.15, 0.2) is 29.6 Å². The predicted octanol–water partition coefficient (Wildman–Crippen LogP) is 2.62. The number of thiazole rings is 1. The summed E-state index contributed by atoms with van der Waals surface area (Å²) in [5, 5.41) is 5.27. The molecule has 1 heterocycles. The minimum Gasteiger partial charge on any atom is -0.497 e. The van der Waals surface area contributed by atoms with Crippen LogP contribution in [-0.2, 0) is 11.3 Å². The number of likely N-dealkylation sites (N-methyl/N-ethyl adjacent to an activating group) is 1. The Kier molecular flexibility index (Phi) is 6.37. The monoisotopic (exact) mass is 335 g/mol. The first kappa shape index (κ1) is 17.2. The molecule has 1 N–H and O–H groups in total. The lowest BCUT2D eigenvalue weighted by molar-refractivity contribution is -0.114. The summed E-state index contributed by atoms with van der Waals surface area (Å²) in [5.74, 6) is 1.53. The molecule has 0 unspecified atom stereocenters. The van der Waals surface area contributed by atoms with Gasteiger partial charge in [-0.15, -0.1) is 11.3 Å². The van der Waals surface area contributed by atoms with E-state index in [1.54, 1.807) is 7.11 Å². The molecular formula is C16H21N3O3S. The fraction of sp³-hybridized carbons (Fsp3) is 0.375. The minimum absolute atomic E-state index is 0.104. The number of ether oxygens (including phenoxy) is 2. The Morgan fingerprint density at radius 1 is 1.30 bits per heavy atom. The maximum atomic E-state index is 11.0. The third-order valence-electron chi connectivity index (χ3n) is 3.07. The first-order valence-corrected chi connectivity index (χ1v) is 8.12. The van der Waals surface area contributed by atoms with Crippen molar-refractivity contribution in [1.82, 2.24) is 9.88 Å². The van der Waals surface area contributed by atoms with Crippen LogP contribution in [0.1, 0.15) is 12.6 Å². The third-order valence-corrected chi connectivity index (χ3v) is 3.87. The van der Waals surface area contributed by atoms with Crippen LogP contribution in [0, 0.1) is 0 Å². The average molecular weight is 335 g/mol. The lowest BCUT2D eigenvalue weighted by Crippen LogP contribution is -2.24. The number of methoxy groups -OCH3 is 1. The van der Waals surface area contributed by atoms with Crippen molar-refractivity contribution < 1.29 is 14.3 Å². The number of hydrogen-bond acceptors (Lipinski definition) is 6. The molecule has 0 radical (unpaired) electrons. The highest BCUT2D eigenvalue weighted by Gasteiger charge is 2.06. The van der Waals surface area contributed by atoms with Crippen LogP contribution in [0.25, 0.3) is 0 Å². The van der Waals surface area contributed by atoms with Crippen molar-refractivity contribution in [2.45, 2.75) is 13.5 Å². The normalized spacial score (nSPS) is 10.6. The van der Waals surface area contributed by atoms with Gasteiger partial charge >= 0.3 is 0 Å². The zero-order chi connectivity index (χ0) is 16.7. The summed E-state index contributed by atoms with van der Waals surface area (Å²) in [4.78, 5) is 17.5. The molecule has 1 aromatic heterocycles. The summed E-state index contributed by atoms with van der Waals surface area (Å²) in [5.41, 5.74) is 0.936. The smallest absolute Gasteiger partial charge is 0.223 e. The number of benzene rings is 1. The molecule has 2 aromatic rings. The zero-order valence-electron chi connectivity index (χ0n) is 13.5. The van der Waals surface area contributed by atoms with Gasteiger partial charge in [-0.05, 0) is 31.3 Å². The second kappa shape index (κ2) is 8.50. The molecule has 0 fully saturated rings. The fourth-order valence-corrected chi connectivity index (χ4v) is 2.68. The first-order chi connectivity index (χ1) is 11.1. The van der Waals surface area contributed by atoms with E-state index in [-0.39, 0.29) is 5.91 Å². The van der Waals surface area contributed by atoms with Gasteiger partial charge in [-0.3, -0.25) is 9.69 Å². The van der Waals surface area contributed by atoms with E-state index in [2.05, 4.69) is 15.2 Å². The molecule has 1 amide bonds. The topological polar surface area (TPSA) is 63.7 Å². The Bertz CT molecular complexity index is 628. The molecule has 2 rings (SSSR count). The molecule has 0 spiro atoms. The van der Waals surface area contributed by atoms with Gasteiger partial charge in [-0.1, -0.05) is 0 Å². The Morgan fingerprint density at radius 3 is 2.65 bits per heavy atom. The second-order valence-electron chi connectivity index (χ2n) is 5.09. The molecular weight excluding hydrogens is 314 g/mol. The molecule has 0 atom stereocenters. The molecule has 124 valence electrons. The van der Waals surface area contributed by atoms with E-state index in [0.29, 0.717) is 18.3 Å². The number of carbonyl (C=O) groups is 1. The number of amides is 1. The molecule has 0 saturated heterocycles. The fourth-order valence-electron chi connectivity index (χ4n) is 1.93. The molecule has 1 aromatic carbocycles. The summed E-state index contributed by atoms with van der Waals surface area (Å²) < 4.78 is 10.8. The zero-order valence-corrected chi connectivity index (χ0v) is 14.4. The number of hydrogen-bond donors (Lipinski definition) is 1. The average Bonchev–Trinajstić information content (AvgIpc) is 2.94. The van der Waals surface area contributed by atoms with Crippen LogP contribution in [0.2, 0.25) is 0 Å². The maximum Gasteiger partial charge on any atom is 0.223 e. The van der Waals surface area contributed by atoms with Crippen LogP contribution >= 0.6 is 11.3 Å². The van der Waals surface area contributed by atoms with E-state index >= 15 is 0 Å². The highest BCUT2D eigenvalue weighted by molar-refractivity contribution is 7.13. The Morgan fingerprint density at radius 2 is 2.00 bits per heavy atom. The summed E-state index contributed by atoms with van der Waals surface area (Å²) in [6.45, 7) is 3.55. The van der Waals surface area contributed by atoms with E-state index in [0.717, 1.165) is 23.7 Å². The van der Waals surface area contributed by atoms with Gasteiger partial charge in [0.05, 0.1) is 12.8 Å². The van der Waals surface area contributed by atoms with Crippen molar-refractivity contribution in [3.8, 4) is 11.5 Å². The summed E-state index contributed by atoms with van der Waals surface area (Å²) in [6, 6.07) is 7.52. The molecule has 0 bridgehead atoms. The molecule has 0 saturated carbocycles. The number of nitrogens with zero attached hydrogens (tertiary/aromatic N) is 2. The minimum atomic E-state index is -0.104. The molecule has 0 aliphatic rings. The molecule has 23 heavy (non-hydrogen) atoms. The van der Waals surface area contributed by atoms with Crippen molar-refractivity contribution in [2.24, 2.45) is 0 Å². The number of nitrogens with one attached hydrogen (secondary N) is 1. The number of rotatable bonds is 8. The standard InChI is InChI=1S/C16H21N3O3S/c1-12(20)17-16-18-13(11-23-16)10-19(2)8-9-22-15-6-4-14(21-3)5-7-15/h4-7,11H,8-10H2,1-3H3,(H,17,18,20). The van der Waals surface area contributed by atoms with Crippen molar-refractivity contribution in [1.29, 1.82) is 0 Å². The van der Waals surface area contributed by atoms with Gasteiger partial charge < -0.3 is 14.8 Å². The van der Waals surface area contributed by atoms with Gasteiger partial charge in [0.2, 0.25) is 5.91 Å². The Labute approximate surface area is 140 Å². The van der Waals surface area contributed by atoms with Gasteiger partial charge in [0.1, 0.15) is 18.1 Å². The second-order valence-corrected chi connectivity index (χ2v) is 5.95. The number of anilines is 1. The lowest BCUT2D eigenvalue weighted by Gasteiger charge is -2.15. The van der Waals surface area contributed by atoms with Gasteiger partial charge in [-0.25, -0.2) is 4.98 Å². The van der Waals surface area contributed by atoms with Gasteiger partial charge in [0.15, 0.2) is 5.13 Å². The molecule has 7 heteroatoms. The summed E-state index contributed by atoms with van der Waals surface area (Å²) in [7, 11) is 3.65. The van der Waals surface area contributed by atoms with Gasteiger partial charge in [-0.2, -0.15) is 0 Å². The predicted molar refractivity (Wildman–Crippen MR) is 91.2 cm³/mol. The van der Waals surface area contributed by atoms with Crippen LogP contribution < -0.4 is 14.8 Å². The maximum absolute atomic E-state index is 11.0. The van der Waals surface area contributed by atoms with Gasteiger partial charge in [0, 0.05) is 25.4 Å². The third kappa shape index (κ3) is 5.88. The largest absolute Gasteiger partial charge is 0.497 e. The molecule has 0 aliphatic carbocycles. The Balaban J connectivity index is 1.72. The lowest BCUT2D eigenvalue weighted by atomic mass is 10.3. The highest BCUT2D eigenvalue weighted by atomic mass is 32.1. The van der Waals surface area contributed by atoms with Crippen molar-refractivity contribution >= 4 is 22.4 Å². The van der Waals surface area contributed by atoms with Crippen LogP contribution in [0.3, 0.4) is 0 Å². The first-order valence-electron chi connectivity index (χ1n) is 7.24. The van der Waals surface area contributed by atoms with E-state index in [1.165, 1.54) is 18.3 Å². The van der Waals surface area contributed by atoms with Crippen LogP contribution in [0.5, 0.6) is 11.5 Å². The van der Waals surface area contributed by atoms with Crippen molar-refractivity contribution in [3.05, 3.63) is 35.3 Å². The van der Waals surface area contributed by atoms with Crippen LogP contribution in [0.4, 0.5) is 5.13 Å². The summed E-state index contributed by atoms with van der Waals surface area (Å²) in [6.07, 6.45) is 0. The van der Waals surface area contributed by atoms with E-state index in [9.17, 15) is 4.79 Å². The van der Waals surface area contributed by atoms with Crippen molar-refractivity contribution in [3.63, 3.8) is 0 Å². The quantitative estimate of drug-likeness (QED) is 0.803. The number of carbonyl (C=O) groups excluding carboxylic acids is 1. The molecule has 0 aliphatic heterocycles. The summed E-state index contributed by atoms with van der Waals surface area (Å²) >= 11 is 1.43. The van der Waals surface area contributed by atoms with E-state index in [1.807, 2.05) is 36.7 Å². The van der Waals surface area contributed by atoms with Crippen molar-refractivity contribution in [2.75, 3.05) is 32.6 Å². The highest BCUT2D eigenvalue weighted by Crippen LogP contribution is 2.18. The van der Waals surface area contributed by atoms with Gasteiger partial charge in [0.25, 0.3) is 0 Å².